The zero-order chi connectivity index (χ0) is 17.3. The largest absolute Gasteiger partial charge is 0.364 e. The van der Waals surface area contributed by atoms with Crippen molar-refractivity contribution < 1.29 is 0 Å². The second-order valence-electron chi connectivity index (χ2n) is 6.09. The van der Waals surface area contributed by atoms with Gasteiger partial charge >= 0.3 is 0 Å². The maximum atomic E-state index is 4.69. The van der Waals surface area contributed by atoms with Crippen LogP contribution in [-0.4, -0.2) is 36.7 Å². The van der Waals surface area contributed by atoms with Gasteiger partial charge in [-0.2, -0.15) is 0 Å². The number of aromatic nitrogens is 1. The minimum absolute atomic E-state index is 0.678. The van der Waals surface area contributed by atoms with Crippen LogP contribution in [0.25, 0.3) is 0 Å². The first-order chi connectivity index (χ1) is 12.3. The van der Waals surface area contributed by atoms with Crippen molar-refractivity contribution in [3.8, 4) is 0 Å². The number of rotatable bonds is 7. The first-order valence-corrected chi connectivity index (χ1v) is 8.97. The summed E-state index contributed by atoms with van der Waals surface area (Å²) >= 11 is 0. The fraction of sp³-hybridized carbons (Fsp3) is 0.350. The molecule has 2 N–H and O–H groups in total. The number of benzene rings is 1. The maximum absolute atomic E-state index is 4.69. The molecular formula is C20H27N5. The minimum atomic E-state index is 0.678. The first-order valence-electron chi connectivity index (χ1n) is 8.97. The van der Waals surface area contributed by atoms with Gasteiger partial charge < -0.3 is 20.1 Å². The molecule has 0 radical (unpaired) electrons. The zero-order valence-electron chi connectivity index (χ0n) is 14.9. The van der Waals surface area contributed by atoms with Crippen LogP contribution < -0.4 is 15.5 Å². The van der Waals surface area contributed by atoms with Gasteiger partial charge in [-0.15, -0.1) is 0 Å². The summed E-state index contributed by atoms with van der Waals surface area (Å²) in [5.41, 5.74) is 2.49. The Hall–Kier alpha value is -2.69. The van der Waals surface area contributed by atoms with E-state index in [2.05, 4.69) is 80.8 Å². The molecule has 1 aromatic carbocycles. The number of guanidine groups is 1. The Morgan fingerprint density at radius 2 is 1.76 bits per heavy atom. The molecule has 0 spiro atoms. The molecule has 2 aromatic rings. The van der Waals surface area contributed by atoms with Gasteiger partial charge in [-0.05, 0) is 36.8 Å². The number of hydrogen-bond donors (Lipinski definition) is 2. The van der Waals surface area contributed by atoms with Crippen LogP contribution in [0.5, 0.6) is 0 Å². The Kier molecular flexibility index (Phi) is 6.15. The Balaban J connectivity index is 1.51. The second kappa shape index (κ2) is 8.97. The summed E-state index contributed by atoms with van der Waals surface area (Å²) in [7, 11) is 0. The molecule has 5 nitrogen and oxygen atoms in total. The SMILES string of the molecule is CCNC(=NCc1ccc(N2CC=CC2)cc1)NCCn1cccc1. The van der Waals surface area contributed by atoms with E-state index in [0.717, 1.165) is 38.7 Å². The molecule has 1 aliphatic rings. The summed E-state index contributed by atoms with van der Waals surface area (Å²) in [4.78, 5) is 7.04. The zero-order valence-corrected chi connectivity index (χ0v) is 14.9. The van der Waals surface area contributed by atoms with E-state index >= 15 is 0 Å². The molecule has 0 fully saturated rings. The minimum Gasteiger partial charge on any atom is -0.364 e. The molecular weight excluding hydrogens is 310 g/mol. The monoisotopic (exact) mass is 337 g/mol. The van der Waals surface area contributed by atoms with Crippen LogP contribution in [0.1, 0.15) is 12.5 Å². The standard InChI is InChI=1S/C20H27N5/c1-2-21-20(22-11-16-24-12-3-4-13-24)23-17-18-7-9-19(10-8-18)25-14-5-6-15-25/h3-10,12-13H,2,11,14-17H2,1H3,(H2,21,22,23). The van der Waals surface area contributed by atoms with Gasteiger partial charge in [-0.1, -0.05) is 24.3 Å². The van der Waals surface area contributed by atoms with E-state index < -0.39 is 0 Å². The third-order valence-corrected chi connectivity index (χ3v) is 4.21. The van der Waals surface area contributed by atoms with E-state index in [9.17, 15) is 0 Å². The molecule has 132 valence electrons. The van der Waals surface area contributed by atoms with Crippen LogP contribution in [0, 0.1) is 0 Å². The molecule has 0 saturated carbocycles. The highest BCUT2D eigenvalue weighted by Crippen LogP contribution is 2.17. The van der Waals surface area contributed by atoms with E-state index in [4.69, 9.17) is 0 Å². The summed E-state index contributed by atoms with van der Waals surface area (Å²) in [5.74, 6) is 0.863. The lowest BCUT2D eigenvalue weighted by molar-refractivity contribution is 0.666. The topological polar surface area (TPSA) is 44.6 Å². The Morgan fingerprint density at radius 3 is 2.44 bits per heavy atom. The molecule has 0 aliphatic carbocycles. The number of nitrogens with zero attached hydrogens (tertiary/aromatic N) is 3. The van der Waals surface area contributed by atoms with Gasteiger partial charge in [-0.3, -0.25) is 0 Å². The van der Waals surface area contributed by atoms with E-state index in [1.807, 2.05) is 12.1 Å². The molecule has 0 saturated heterocycles. The molecule has 0 amide bonds. The first kappa shape index (κ1) is 17.1. The summed E-state index contributed by atoms with van der Waals surface area (Å²) in [6.07, 6.45) is 8.56. The molecule has 0 unspecified atom stereocenters. The second-order valence-corrected chi connectivity index (χ2v) is 6.09. The van der Waals surface area contributed by atoms with E-state index in [1.54, 1.807) is 0 Å². The van der Waals surface area contributed by atoms with Crippen molar-refractivity contribution >= 4 is 11.6 Å². The summed E-state index contributed by atoms with van der Waals surface area (Å²) in [6.45, 7) is 7.41. The van der Waals surface area contributed by atoms with Crippen molar-refractivity contribution in [2.24, 2.45) is 4.99 Å². The predicted octanol–water partition coefficient (Wildman–Crippen LogP) is 2.62. The van der Waals surface area contributed by atoms with Crippen molar-refractivity contribution in [2.45, 2.75) is 20.0 Å². The van der Waals surface area contributed by atoms with Crippen LogP contribution in [0.3, 0.4) is 0 Å². The molecule has 5 heteroatoms. The molecule has 1 aromatic heterocycles. The van der Waals surface area contributed by atoms with Crippen LogP contribution in [0.15, 0.2) is 65.9 Å². The molecule has 2 heterocycles. The highest BCUT2D eigenvalue weighted by atomic mass is 15.2. The number of nitrogens with one attached hydrogen (secondary N) is 2. The fourth-order valence-electron chi connectivity index (χ4n) is 2.84. The maximum Gasteiger partial charge on any atom is 0.191 e. The van der Waals surface area contributed by atoms with E-state index in [-0.39, 0.29) is 0 Å². The van der Waals surface area contributed by atoms with Crippen molar-refractivity contribution in [2.75, 3.05) is 31.1 Å². The van der Waals surface area contributed by atoms with Gasteiger partial charge in [0.25, 0.3) is 0 Å². The highest BCUT2D eigenvalue weighted by Gasteiger charge is 2.06. The van der Waals surface area contributed by atoms with Gasteiger partial charge in [0.05, 0.1) is 6.54 Å². The highest BCUT2D eigenvalue weighted by molar-refractivity contribution is 5.79. The lowest BCUT2D eigenvalue weighted by atomic mass is 10.2. The molecule has 0 atom stereocenters. The smallest absolute Gasteiger partial charge is 0.191 e. The number of hydrogen-bond acceptors (Lipinski definition) is 2. The lowest BCUT2D eigenvalue weighted by Gasteiger charge is -2.17. The number of anilines is 1. The molecule has 25 heavy (non-hydrogen) atoms. The molecule has 0 bridgehead atoms. The van der Waals surface area contributed by atoms with Gasteiger partial charge in [0, 0.05) is 50.8 Å². The van der Waals surface area contributed by atoms with Gasteiger partial charge in [0.1, 0.15) is 0 Å². The predicted molar refractivity (Wildman–Crippen MR) is 105 cm³/mol. The van der Waals surface area contributed by atoms with Crippen molar-refractivity contribution in [1.82, 2.24) is 15.2 Å². The third-order valence-electron chi connectivity index (χ3n) is 4.21. The molecule has 3 rings (SSSR count). The molecule has 1 aliphatic heterocycles. The van der Waals surface area contributed by atoms with E-state index in [0.29, 0.717) is 6.54 Å². The van der Waals surface area contributed by atoms with Crippen molar-refractivity contribution in [1.29, 1.82) is 0 Å². The van der Waals surface area contributed by atoms with Crippen LogP contribution >= 0.6 is 0 Å². The van der Waals surface area contributed by atoms with Gasteiger partial charge in [0.15, 0.2) is 5.96 Å². The van der Waals surface area contributed by atoms with Crippen LogP contribution in [0.2, 0.25) is 0 Å². The van der Waals surface area contributed by atoms with Crippen molar-refractivity contribution in [3.63, 3.8) is 0 Å². The summed E-state index contributed by atoms with van der Waals surface area (Å²) < 4.78 is 2.16. The quantitative estimate of drug-likeness (QED) is 0.464. The lowest BCUT2D eigenvalue weighted by Crippen LogP contribution is -2.38. The fourth-order valence-corrected chi connectivity index (χ4v) is 2.84. The average Bonchev–Trinajstić information content (AvgIpc) is 3.34. The third kappa shape index (κ3) is 5.14. The van der Waals surface area contributed by atoms with Crippen LogP contribution in [0.4, 0.5) is 5.69 Å². The Morgan fingerprint density at radius 1 is 1.04 bits per heavy atom. The normalized spacial score (nSPS) is 14.1. The average molecular weight is 337 g/mol. The van der Waals surface area contributed by atoms with Gasteiger partial charge in [0.2, 0.25) is 0 Å². The van der Waals surface area contributed by atoms with Crippen LogP contribution in [-0.2, 0) is 13.1 Å². The van der Waals surface area contributed by atoms with Gasteiger partial charge in [-0.25, -0.2) is 4.99 Å². The van der Waals surface area contributed by atoms with E-state index in [1.165, 1.54) is 11.3 Å². The number of aliphatic imine (C=N–C) groups is 1. The summed E-state index contributed by atoms with van der Waals surface area (Å²) in [5, 5.41) is 6.69. The van der Waals surface area contributed by atoms with Crippen molar-refractivity contribution in [3.05, 3.63) is 66.5 Å². The Bertz CT molecular complexity index is 677. The Labute approximate surface area is 150 Å². The summed E-state index contributed by atoms with van der Waals surface area (Å²) in [6, 6.07) is 12.8.